The van der Waals surface area contributed by atoms with E-state index in [0.29, 0.717) is 0 Å². The topological polar surface area (TPSA) is 114 Å². The number of non-ortho nitro benzene ring substituents is 1. The van der Waals surface area contributed by atoms with E-state index in [0.717, 1.165) is 12.1 Å². The molecule has 8 nitrogen and oxygen atoms in total. The number of rotatable bonds is 5. The molecule has 1 rings (SSSR count). The molecular weight excluding hydrogens is 323 g/mol. The maximum atomic E-state index is 12.5. The van der Waals surface area contributed by atoms with Gasteiger partial charge >= 0.3 is 12.1 Å². The molecular formula is C12H10F3N3O5. The van der Waals surface area contributed by atoms with E-state index < -0.39 is 28.5 Å². The number of azo groups is 1. The number of benzene rings is 1. The molecule has 0 aliphatic rings. The lowest BCUT2D eigenvalue weighted by atomic mass is 10.3. The molecule has 0 spiro atoms. The first-order chi connectivity index (χ1) is 10.7. The highest BCUT2D eigenvalue weighted by atomic mass is 19.4. The van der Waals surface area contributed by atoms with Gasteiger partial charge < -0.3 is 9.84 Å². The Labute approximate surface area is 127 Å². The van der Waals surface area contributed by atoms with Crippen LogP contribution < -0.4 is 0 Å². The van der Waals surface area contributed by atoms with E-state index in [1.165, 1.54) is 19.1 Å². The van der Waals surface area contributed by atoms with Crippen LogP contribution in [0, 0.1) is 10.1 Å². The molecule has 1 N–H and O–H groups in total. The van der Waals surface area contributed by atoms with Crippen molar-refractivity contribution in [1.82, 2.24) is 0 Å². The summed E-state index contributed by atoms with van der Waals surface area (Å²) < 4.78 is 41.8. The minimum Gasteiger partial charge on any atom is -0.502 e. The molecule has 124 valence electrons. The number of halogens is 3. The number of carbonyl (C=O) groups excluding carboxylic acids is 1. The lowest BCUT2D eigenvalue weighted by Gasteiger charge is -2.08. The summed E-state index contributed by atoms with van der Waals surface area (Å²) >= 11 is 0. The predicted octanol–water partition coefficient (Wildman–Crippen LogP) is 3.57. The number of nitro groups is 1. The van der Waals surface area contributed by atoms with Crippen molar-refractivity contribution in [3.63, 3.8) is 0 Å². The molecule has 0 fully saturated rings. The lowest BCUT2D eigenvalue weighted by molar-refractivity contribution is -0.384. The van der Waals surface area contributed by atoms with Crippen LogP contribution in [-0.4, -0.2) is 28.8 Å². The average molecular weight is 333 g/mol. The monoisotopic (exact) mass is 333 g/mol. The Hall–Kier alpha value is -2.98. The number of carbonyl (C=O) groups is 1. The second-order valence-electron chi connectivity index (χ2n) is 3.89. The summed E-state index contributed by atoms with van der Waals surface area (Å²) in [5, 5.41) is 25.9. The normalized spacial score (nSPS) is 12.9. The van der Waals surface area contributed by atoms with Gasteiger partial charge in [-0.05, 0) is 13.0 Å². The van der Waals surface area contributed by atoms with Crippen LogP contribution in [0.25, 0.3) is 0 Å². The highest BCUT2D eigenvalue weighted by Crippen LogP contribution is 2.28. The smallest absolute Gasteiger partial charge is 0.451 e. The summed E-state index contributed by atoms with van der Waals surface area (Å²) in [4.78, 5) is 21.3. The van der Waals surface area contributed by atoms with Crippen molar-refractivity contribution in [2.24, 2.45) is 10.2 Å². The van der Waals surface area contributed by atoms with E-state index in [-0.39, 0.29) is 18.0 Å². The van der Waals surface area contributed by atoms with Gasteiger partial charge in [0.1, 0.15) is 0 Å². The van der Waals surface area contributed by atoms with Gasteiger partial charge in [-0.2, -0.15) is 13.2 Å². The Morgan fingerprint density at radius 1 is 1.43 bits per heavy atom. The Bertz CT molecular complexity index is 670. The van der Waals surface area contributed by atoms with Crippen molar-refractivity contribution in [2.75, 3.05) is 6.61 Å². The SMILES string of the molecule is CCOC(=O)/C(N=Nc1cccc([N+](=O)[O-])c1)=C(\O)C(F)(F)F. The van der Waals surface area contributed by atoms with Crippen molar-refractivity contribution in [3.8, 4) is 0 Å². The molecule has 0 atom stereocenters. The minimum absolute atomic E-state index is 0.184. The molecule has 0 unspecified atom stereocenters. The number of ether oxygens (including phenoxy) is 1. The van der Waals surface area contributed by atoms with Crippen LogP contribution in [0.1, 0.15) is 6.92 Å². The van der Waals surface area contributed by atoms with Crippen molar-refractivity contribution >= 4 is 17.3 Å². The standard InChI is InChI=1S/C12H10F3N3O5/c1-2-23-11(20)9(10(19)12(13,14)15)17-16-7-4-3-5-8(6-7)18(21)22/h3-6,19H,2H2,1H3/b10-9+,17-16?. The zero-order valence-corrected chi connectivity index (χ0v) is 11.6. The third-order valence-corrected chi connectivity index (χ3v) is 2.27. The molecule has 0 saturated heterocycles. The van der Waals surface area contributed by atoms with Crippen molar-refractivity contribution < 1.29 is 32.7 Å². The summed E-state index contributed by atoms with van der Waals surface area (Å²) in [7, 11) is 0. The van der Waals surface area contributed by atoms with Gasteiger partial charge in [-0.1, -0.05) is 6.07 Å². The second kappa shape index (κ2) is 7.33. The van der Waals surface area contributed by atoms with E-state index in [1.54, 1.807) is 0 Å². The van der Waals surface area contributed by atoms with Crippen LogP contribution in [0.2, 0.25) is 0 Å². The maximum absolute atomic E-state index is 12.5. The molecule has 23 heavy (non-hydrogen) atoms. The Morgan fingerprint density at radius 2 is 2.09 bits per heavy atom. The molecule has 0 radical (unpaired) electrons. The largest absolute Gasteiger partial charge is 0.502 e. The molecule has 0 saturated carbocycles. The van der Waals surface area contributed by atoms with Crippen LogP contribution in [0.5, 0.6) is 0 Å². The van der Waals surface area contributed by atoms with E-state index in [1.807, 2.05) is 0 Å². The maximum Gasteiger partial charge on any atom is 0.451 e. The molecule has 0 amide bonds. The summed E-state index contributed by atoms with van der Waals surface area (Å²) in [6.07, 6.45) is -5.23. The van der Waals surface area contributed by atoms with Crippen LogP contribution in [0.3, 0.4) is 0 Å². The number of alkyl halides is 3. The number of aliphatic hydroxyl groups excluding tert-OH is 1. The molecule has 0 aliphatic carbocycles. The molecule has 0 aliphatic heterocycles. The first-order valence-electron chi connectivity index (χ1n) is 6.00. The third-order valence-electron chi connectivity index (χ3n) is 2.27. The van der Waals surface area contributed by atoms with Gasteiger partial charge in [0.05, 0.1) is 17.2 Å². The number of hydrogen-bond donors (Lipinski definition) is 1. The fourth-order valence-corrected chi connectivity index (χ4v) is 1.30. The van der Waals surface area contributed by atoms with Crippen LogP contribution >= 0.6 is 0 Å². The predicted molar refractivity (Wildman–Crippen MR) is 70.0 cm³/mol. The van der Waals surface area contributed by atoms with Gasteiger partial charge in [-0.15, -0.1) is 10.2 Å². The number of esters is 1. The van der Waals surface area contributed by atoms with Crippen LogP contribution in [0.4, 0.5) is 24.5 Å². The Balaban J connectivity index is 3.23. The van der Waals surface area contributed by atoms with Crippen molar-refractivity contribution in [1.29, 1.82) is 0 Å². The third kappa shape index (κ3) is 5.05. The first kappa shape index (κ1) is 18.1. The molecule has 1 aromatic rings. The zero-order chi connectivity index (χ0) is 17.6. The van der Waals surface area contributed by atoms with Crippen molar-refractivity contribution in [3.05, 3.63) is 45.8 Å². The molecule has 0 bridgehead atoms. The number of hydrogen-bond acceptors (Lipinski definition) is 7. The second-order valence-corrected chi connectivity index (χ2v) is 3.89. The van der Waals surface area contributed by atoms with E-state index in [4.69, 9.17) is 5.11 Å². The van der Waals surface area contributed by atoms with Crippen LogP contribution in [0.15, 0.2) is 46.0 Å². The lowest BCUT2D eigenvalue weighted by Crippen LogP contribution is -2.18. The highest BCUT2D eigenvalue weighted by Gasteiger charge is 2.39. The van der Waals surface area contributed by atoms with Crippen LogP contribution in [-0.2, 0) is 9.53 Å². The highest BCUT2D eigenvalue weighted by molar-refractivity contribution is 5.88. The summed E-state index contributed by atoms with van der Waals surface area (Å²) in [6.45, 7) is 1.09. The van der Waals surface area contributed by atoms with E-state index in [9.17, 15) is 28.1 Å². The van der Waals surface area contributed by atoms with E-state index in [2.05, 4.69) is 15.0 Å². The van der Waals surface area contributed by atoms with E-state index >= 15 is 0 Å². The van der Waals surface area contributed by atoms with Gasteiger partial charge in [0, 0.05) is 12.1 Å². The number of nitro benzene ring substituents is 1. The van der Waals surface area contributed by atoms with Gasteiger partial charge in [0.15, 0.2) is 0 Å². The number of nitrogens with zero attached hydrogens (tertiary/aromatic N) is 3. The molecule has 0 aromatic heterocycles. The molecule has 1 aromatic carbocycles. The Kier molecular flexibility index (Phi) is 5.76. The van der Waals surface area contributed by atoms with Crippen molar-refractivity contribution in [2.45, 2.75) is 13.1 Å². The fraction of sp³-hybridized carbons (Fsp3) is 0.250. The summed E-state index contributed by atoms with van der Waals surface area (Å²) in [5.74, 6) is -3.80. The number of aliphatic hydroxyl groups is 1. The quantitative estimate of drug-likeness (QED) is 0.221. The number of allylic oxidation sites excluding steroid dienone is 1. The molecule has 0 heterocycles. The van der Waals surface area contributed by atoms with Gasteiger partial charge in [-0.25, -0.2) is 4.79 Å². The Morgan fingerprint density at radius 3 is 2.61 bits per heavy atom. The minimum atomic E-state index is -5.23. The molecule has 11 heteroatoms. The zero-order valence-electron chi connectivity index (χ0n) is 11.6. The summed E-state index contributed by atoms with van der Waals surface area (Å²) in [5.41, 5.74) is -2.01. The van der Waals surface area contributed by atoms with Gasteiger partial charge in [-0.3, -0.25) is 10.1 Å². The fourth-order valence-electron chi connectivity index (χ4n) is 1.30. The van der Waals surface area contributed by atoms with Gasteiger partial charge in [0.25, 0.3) is 5.69 Å². The first-order valence-corrected chi connectivity index (χ1v) is 6.00. The average Bonchev–Trinajstić information content (AvgIpc) is 2.46. The summed E-state index contributed by atoms with van der Waals surface area (Å²) in [6, 6.07) is 4.50. The van der Waals surface area contributed by atoms with Gasteiger partial charge in [0.2, 0.25) is 11.5 Å².